The molecule has 1 heterocycles. The Morgan fingerprint density at radius 1 is 0.853 bits per heavy atom. The van der Waals surface area contributed by atoms with E-state index in [4.69, 9.17) is 4.74 Å². The molecule has 2 amide bonds. The van der Waals surface area contributed by atoms with Gasteiger partial charge in [0.25, 0.3) is 5.91 Å². The topological polar surface area (TPSA) is 105 Å². The summed E-state index contributed by atoms with van der Waals surface area (Å²) in [5.41, 5.74) is 1.83. The number of amides is 2. The Morgan fingerprint density at radius 2 is 1.53 bits per heavy atom. The molecule has 0 radical (unpaired) electrons. The Labute approximate surface area is 199 Å². The number of morpholine rings is 1. The van der Waals surface area contributed by atoms with Crippen LogP contribution in [0, 0.1) is 0 Å². The third-order valence-electron chi connectivity index (χ3n) is 5.72. The van der Waals surface area contributed by atoms with Crippen molar-refractivity contribution >= 4 is 32.6 Å². The average molecular weight is 482 g/mol. The van der Waals surface area contributed by atoms with Crippen molar-refractivity contribution in [1.82, 2.24) is 14.9 Å². The summed E-state index contributed by atoms with van der Waals surface area (Å²) < 4.78 is 32.2. The number of benzene rings is 3. The van der Waals surface area contributed by atoms with Crippen molar-refractivity contribution in [3.05, 3.63) is 83.4 Å². The largest absolute Gasteiger partial charge is 0.379 e. The van der Waals surface area contributed by atoms with Crippen molar-refractivity contribution in [2.75, 3.05) is 32.8 Å². The van der Waals surface area contributed by atoms with Crippen LogP contribution in [-0.4, -0.2) is 57.4 Å². The lowest BCUT2D eigenvalue weighted by atomic mass is 10.1. The first-order valence-electron chi connectivity index (χ1n) is 11.1. The summed E-state index contributed by atoms with van der Waals surface area (Å²) in [5, 5.41) is 7.37. The number of nitrogens with zero attached hydrogens (tertiary/aromatic N) is 1. The van der Waals surface area contributed by atoms with Crippen molar-refractivity contribution in [2.45, 2.75) is 12.3 Å². The minimum absolute atomic E-state index is 0.141. The molecular weight excluding hydrogens is 454 g/mol. The molecule has 9 heteroatoms. The molecule has 1 saturated heterocycles. The van der Waals surface area contributed by atoms with Crippen molar-refractivity contribution < 1.29 is 22.7 Å². The van der Waals surface area contributed by atoms with E-state index in [1.165, 1.54) is 4.31 Å². The first kappa shape index (κ1) is 23.9. The minimum atomic E-state index is -3.48. The number of rotatable bonds is 8. The van der Waals surface area contributed by atoms with Gasteiger partial charge in [-0.25, -0.2) is 8.42 Å². The van der Waals surface area contributed by atoms with E-state index in [1.54, 1.807) is 36.4 Å². The van der Waals surface area contributed by atoms with Crippen LogP contribution >= 0.6 is 0 Å². The highest BCUT2D eigenvalue weighted by Crippen LogP contribution is 2.17. The highest BCUT2D eigenvalue weighted by molar-refractivity contribution is 7.88. The molecule has 3 aromatic carbocycles. The van der Waals surface area contributed by atoms with Crippen LogP contribution in [0.3, 0.4) is 0 Å². The fourth-order valence-corrected chi connectivity index (χ4v) is 5.40. The number of carbonyl (C=O) groups is 2. The number of ether oxygens (including phenoxy) is 1. The normalized spacial score (nSPS) is 14.6. The maximum atomic E-state index is 12.8. The smallest absolute Gasteiger partial charge is 0.251 e. The first-order valence-corrected chi connectivity index (χ1v) is 12.7. The van der Waals surface area contributed by atoms with Crippen molar-refractivity contribution in [3.8, 4) is 0 Å². The monoisotopic (exact) mass is 481 g/mol. The lowest BCUT2D eigenvalue weighted by Gasteiger charge is -2.26. The number of sulfonamides is 1. The predicted octanol–water partition coefficient (Wildman–Crippen LogP) is 2.05. The van der Waals surface area contributed by atoms with Gasteiger partial charge in [0, 0.05) is 25.2 Å². The van der Waals surface area contributed by atoms with Gasteiger partial charge in [0.1, 0.15) is 0 Å². The van der Waals surface area contributed by atoms with E-state index in [1.807, 2.05) is 30.3 Å². The predicted molar refractivity (Wildman–Crippen MR) is 130 cm³/mol. The van der Waals surface area contributed by atoms with Crippen LogP contribution in [-0.2, 0) is 31.9 Å². The van der Waals surface area contributed by atoms with Crippen LogP contribution in [0.25, 0.3) is 10.8 Å². The second-order valence-corrected chi connectivity index (χ2v) is 10.0. The van der Waals surface area contributed by atoms with E-state index in [-0.39, 0.29) is 30.7 Å². The zero-order chi connectivity index (χ0) is 24.0. The lowest BCUT2D eigenvalue weighted by Crippen LogP contribution is -2.41. The first-order chi connectivity index (χ1) is 16.4. The maximum Gasteiger partial charge on any atom is 0.251 e. The van der Waals surface area contributed by atoms with Gasteiger partial charge >= 0.3 is 0 Å². The molecule has 0 unspecified atom stereocenters. The molecule has 178 valence electrons. The molecule has 0 aliphatic carbocycles. The van der Waals surface area contributed by atoms with Crippen molar-refractivity contribution in [1.29, 1.82) is 0 Å². The van der Waals surface area contributed by atoms with Crippen molar-refractivity contribution in [3.63, 3.8) is 0 Å². The summed E-state index contributed by atoms with van der Waals surface area (Å²) in [6.07, 6.45) is 0. The van der Waals surface area contributed by atoms with Gasteiger partial charge in [-0.05, 0) is 34.0 Å². The quantitative estimate of drug-likeness (QED) is 0.512. The highest BCUT2D eigenvalue weighted by atomic mass is 32.2. The van der Waals surface area contributed by atoms with E-state index in [9.17, 15) is 18.0 Å². The molecule has 34 heavy (non-hydrogen) atoms. The standard InChI is InChI=1S/C25H27N3O5S/c29-24(17-27-25(30)21-10-9-19-5-1-2-6-20(19)15-21)26-16-22-7-3-4-8-23(22)18-34(31,32)28-11-13-33-14-12-28/h1-10,15H,11-14,16-18H2,(H,26,29)(H,27,30). The van der Waals surface area contributed by atoms with E-state index in [0.29, 0.717) is 43.0 Å². The third-order valence-corrected chi connectivity index (χ3v) is 7.54. The van der Waals surface area contributed by atoms with Crippen molar-refractivity contribution in [2.24, 2.45) is 0 Å². The molecule has 2 N–H and O–H groups in total. The minimum Gasteiger partial charge on any atom is -0.379 e. The van der Waals surface area contributed by atoms with Gasteiger partial charge in [-0.15, -0.1) is 0 Å². The van der Waals surface area contributed by atoms with Gasteiger partial charge in [0.2, 0.25) is 15.9 Å². The molecule has 1 fully saturated rings. The molecular formula is C25H27N3O5S. The molecule has 0 saturated carbocycles. The van der Waals surface area contributed by atoms with Crippen LogP contribution in [0.5, 0.6) is 0 Å². The van der Waals surface area contributed by atoms with E-state index in [2.05, 4.69) is 10.6 Å². The van der Waals surface area contributed by atoms with Crippen LogP contribution in [0.1, 0.15) is 21.5 Å². The fraction of sp³-hybridized carbons (Fsp3) is 0.280. The molecule has 0 spiro atoms. The van der Waals surface area contributed by atoms with E-state index < -0.39 is 10.0 Å². The lowest BCUT2D eigenvalue weighted by molar-refractivity contribution is -0.120. The summed E-state index contributed by atoms with van der Waals surface area (Å²) in [6.45, 7) is 1.46. The fourth-order valence-electron chi connectivity index (χ4n) is 3.83. The number of hydrogen-bond acceptors (Lipinski definition) is 5. The second kappa shape index (κ2) is 10.8. The van der Waals surface area contributed by atoms with Gasteiger partial charge in [-0.3, -0.25) is 9.59 Å². The number of carbonyl (C=O) groups excluding carboxylic acids is 2. The zero-order valence-electron chi connectivity index (χ0n) is 18.7. The highest BCUT2D eigenvalue weighted by Gasteiger charge is 2.25. The third kappa shape index (κ3) is 5.99. The molecule has 1 aliphatic rings. The molecule has 1 aliphatic heterocycles. The van der Waals surface area contributed by atoms with E-state index >= 15 is 0 Å². The zero-order valence-corrected chi connectivity index (χ0v) is 19.5. The van der Waals surface area contributed by atoms with Crippen LogP contribution in [0.2, 0.25) is 0 Å². The number of hydrogen-bond donors (Lipinski definition) is 2. The molecule has 8 nitrogen and oxygen atoms in total. The number of nitrogens with one attached hydrogen (secondary N) is 2. The Kier molecular flexibility index (Phi) is 7.56. The second-order valence-electron chi connectivity index (χ2n) is 8.06. The van der Waals surface area contributed by atoms with Gasteiger partial charge in [-0.2, -0.15) is 4.31 Å². The van der Waals surface area contributed by atoms with Gasteiger partial charge < -0.3 is 15.4 Å². The van der Waals surface area contributed by atoms with Crippen LogP contribution in [0.4, 0.5) is 0 Å². The summed E-state index contributed by atoms with van der Waals surface area (Å²) in [7, 11) is -3.48. The summed E-state index contributed by atoms with van der Waals surface area (Å²) in [4.78, 5) is 24.8. The summed E-state index contributed by atoms with van der Waals surface area (Å²) in [5.74, 6) is -0.838. The Balaban J connectivity index is 1.32. The molecule has 4 rings (SSSR count). The molecule has 3 aromatic rings. The average Bonchev–Trinajstić information content (AvgIpc) is 2.86. The van der Waals surface area contributed by atoms with Crippen LogP contribution < -0.4 is 10.6 Å². The van der Waals surface area contributed by atoms with E-state index in [0.717, 1.165) is 10.8 Å². The van der Waals surface area contributed by atoms with Crippen LogP contribution in [0.15, 0.2) is 66.7 Å². The number of fused-ring (bicyclic) bond motifs is 1. The molecule has 0 bridgehead atoms. The molecule has 0 atom stereocenters. The Morgan fingerprint density at radius 3 is 2.29 bits per heavy atom. The maximum absolute atomic E-state index is 12.8. The van der Waals surface area contributed by atoms with Gasteiger partial charge in [0.05, 0.1) is 25.5 Å². The summed E-state index contributed by atoms with van der Waals surface area (Å²) in [6, 6.07) is 20.2. The Hall–Kier alpha value is -3.27. The molecule has 0 aromatic heterocycles. The van der Waals surface area contributed by atoms with Gasteiger partial charge in [0.15, 0.2) is 0 Å². The van der Waals surface area contributed by atoms with Gasteiger partial charge in [-0.1, -0.05) is 54.6 Å². The Bertz CT molecular complexity index is 1290. The summed E-state index contributed by atoms with van der Waals surface area (Å²) >= 11 is 0. The SMILES string of the molecule is O=C(CNC(=O)c1ccc2ccccc2c1)NCc1ccccc1CS(=O)(=O)N1CCOCC1.